The summed E-state index contributed by atoms with van der Waals surface area (Å²) in [6.07, 6.45) is -3.20. The molecule has 0 atom stereocenters. The lowest BCUT2D eigenvalue weighted by molar-refractivity contribution is -0.275. The van der Waals surface area contributed by atoms with Crippen LogP contribution in [0.25, 0.3) is 11.0 Å². The summed E-state index contributed by atoms with van der Waals surface area (Å²) in [6, 6.07) is 4.52. The van der Waals surface area contributed by atoms with Crippen LogP contribution in [0.1, 0.15) is 0 Å². The number of pyridine rings is 1. The van der Waals surface area contributed by atoms with Crippen LogP contribution in [0.5, 0.6) is 5.88 Å². The Balaban J connectivity index is 2.36. The van der Waals surface area contributed by atoms with Gasteiger partial charge < -0.3 is 9.72 Å². The number of H-pyrrole nitrogens is 1. The van der Waals surface area contributed by atoms with Gasteiger partial charge >= 0.3 is 6.36 Å². The molecule has 0 aromatic carbocycles. The first-order valence-electron chi connectivity index (χ1n) is 3.74. The van der Waals surface area contributed by atoms with Crippen molar-refractivity contribution in [3.8, 4) is 5.88 Å². The summed E-state index contributed by atoms with van der Waals surface area (Å²) in [5.41, 5.74) is 0.367. The Labute approximate surface area is 76.5 Å². The Hall–Kier alpha value is -1.72. The van der Waals surface area contributed by atoms with Crippen LogP contribution in [0.15, 0.2) is 24.4 Å². The molecule has 0 spiro atoms. The third kappa shape index (κ3) is 1.78. The van der Waals surface area contributed by atoms with E-state index in [1.807, 2.05) is 0 Å². The van der Waals surface area contributed by atoms with Crippen LogP contribution in [-0.4, -0.2) is 16.3 Å². The smallest absolute Gasteiger partial charge is 0.390 e. The Morgan fingerprint density at radius 3 is 2.79 bits per heavy atom. The largest absolute Gasteiger partial charge is 0.574 e. The first kappa shape index (κ1) is 8.86. The third-order valence-electron chi connectivity index (χ3n) is 1.59. The molecule has 0 saturated heterocycles. The molecule has 0 aliphatic carbocycles. The van der Waals surface area contributed by atoms with Gasteiger partial charge in [0.2, 0.25) is 5.88 Å². The molecule has 6 heteroatoms. The number of aromatic amines is 1. The Morgan fingerprint density at radius 2 is 2.14 bits per heavy atom. The van der Waals surface area contributed by atoms with E-state index in [0.717, 1.165) is 0 Å². The maximum atomic E-state index is 11.8. The summed E-state index contributed by atoms with van der Waals surface area (Å²) in [6.45, 7) is 0. The molecule has 2 rings (SSSR count). The van der Waals surface area contributed by atoms with E-state index >= 15 is 0 Å². The molecule has 2 aromatic rings. The van der Waals surface area contributed by atoms with Crippen molar-refractivity contribution in [1.82, 2.24) is 9.97 Å². The quantitative estimate of drug-likeness (QED) is 0.771. The molecule has 0 fully saturated rings. The number of hydrogen-bond acceptors (Lipinski definition) is 2. The SMILES string of the molecule is FC(F)(F)Oc1cc2cccnc2[nH]1. The van der Waals surface area contributed by atoms with E-state index in [-0.39, 0.29) is 5.88 Å². The number of halogens is 3. The summed E-state index contributed by atoms with van der Waals surface area (Å²) in [7, 11) is 0. The highest BCUT2D eigenvalue weighted by atomic mass is 19.4. The van der Waals surface area contributed by atoms with Crippen molar-refractivity contribution in [3.63, 3.8) is 0 Å². The number of rotatable bonds is 1. The van der Waals surface area contributed by atoms with Gasteiger partial charge in [-0.1, -0.05) is 0 Å². The summed E-state index contributed by atoms with van der Waals surface area (Å²) < 4.78 is 39.1. The van der Waals surface area contributed by atoms with Gasteiger partial charge in [0.25, 0.3) is 0 Å². The van der Waals surface area contributed by atoms with Gasteiger partial charge in [0.15, 0.2) is 0 Å². The van der Waals surface area contributed by atoms with Crippen LogP contribution in [-0.2, 0) is 0 Å². The van der Waals surface area contributed by atoms with Gasteiger partial charge in [0.05, 0.1) is 0 Å². The molecular weight excluding hydrogens is 197 g/mol. The molecule has 0 radical (unpaired) electrons. The molecule has 0 bridgehead atoms. The average Bonchev–Trinajstić information content (AvgIpc) is 2.42. The second-order valence-electron chi connectivity index (χ2n) is 2.62. The molecular formula is C8H5F3N2O. The lowest BCUT2D eigenvalue weighted by Crippen LogP contribution is -2.17. The number of alkyl halides is 3. The Morgan fingerprint density at radius 1 is 1.36 bits per heavy atom. The molecule has 2 aromatic heterocycles. The fourth-order valence-electron chi connectivity index (χ4n) is 1.11. The van der Waals surface area contributed by atoms with Gasteiger partial charge in [-0.25, -0.2) is 4.98 Å². The summed E-state index contributed by atoms with van der Waals surface area (Å²) in [4.78, 5) is 6.23. The van der Waals surface area contributed by atoms with E-state index in [2.05, 4.69) is 14.7 Å². The van der Waals surface area contributed by atoms with Gasteiger partial charge in [-0.2, -0.15) is 0 Å². The van der Waals surface area contributed by atoms with E-state index in [9.17, 15) is 13.2 Å². The lowest BCUT2D eigenvalue weighted by Gasteiger charge is -2.04. The van der Waals surface area contributed by atoms with Crippen LogP contribution >= 0.6 is 0 Å². The second-order valence-corrected chi connectivity index (χ2v) is 2.62. The van der Waals surface area contributed by atoms with E-state index in [1.165, 1.54) is 12.3 Å². The lowest BCUT2D eigenvalue weighted by atomic mass is 10.3. The number of ether oxygens (including phenoxy) is 1. The molecule has 0 unspecified atom stereocenters. The fraction of sp³-hybridized carbons (Fsp3) is 0.125. The minimum Gasteiger partial charge on any atom is -0.390 e. The maximum Gasteiger partial charge on any atom is 0.574 e. The second kappa shape index (κ2) is 2.90. The first-order chi connectivity index (χ1) is 6.54. The van der Waals surface area contributed by atoms with E-state index in [1.54, 1.807) is 12.1 Å². The minimum atomic E-state index is -4.68. The van der Waals surface area contributed by atoms with Gasteiger partial charge in [-0.05, 0) is 12.1 Å². The molecule has 2 heterocycles. The van der Waals surface area contributed by atoms with Gasteiger partial charge in [-0.15, -0.1) is 13.2 Å². The maximum absolute atomic E-state index is 11.8. The average molecular weight is 202 g/mol. The zero-order valence-corrected chi connectivity index (χ0v) is 6.80. The minimum absolute atomic E-state index is 0.355. The number of hydrogen-bond donors (Lipinski definition) is 1. The van der Waals surface area contributed by atoms with Crippen molar-refractivity contribution < 1.29 is 17.9 Å². The monoisotopic (exact) mass is 202 g/mol. The van der Waals surface area contributed by atoms with Gasteiger partial charge in [0, 0.05) is 17.6 Å². The van der Waals surface area contributed by atoms with Gasteiger partial charge in [0.1, 0.15) is 5.65 Å². The van der Waals surface area contributed by atoms with Crippen molar-refractivity contribution in [2.75, 3.05) is 0 Å². The van der Waals surface area contributed by atoms with Crippen LogP contribution < -0.4 is 4.74 Å². The molecule has 3 nitrogen and oxygen atoms in total. The van der Waals surface area contributed by atoms with Crippen LogP contribution in [0.3, 0.4) is 0 Å². The highest BCUT2D eigenvalue weighted by Crippen LogP contribution is 2.24. The molecule has 0 aliphatic heterocycles. The number of fused-ring (bicyclic) bond motifs is 1. The van der Waals surface area contributed by atoms with Crippen molar-refractivity contribution in [3.05, 3.63) is 24.4 Å². The van der Waals surface area contributed by atoms with Crippen molar-refractivity contribution in [1.29, 1.82) is 0 Å². The Kier molecular flexibility index (Phi) is 1.83. The summed E-state index contributed by atoms with van der Waals surface area (Å²) >= 11 is 0. The molecule has 0 saturated carbocycles. The molecule has 0 aliphatic rings. The van der Waals surface area contributed by atoms with E-state index in [0.29, 0.717) is 11.0 Å². The molecule has 14 heavy (non-hydrogen) atoms. The van der Waals surface area contributed by atoms with Crippen molar-refractivity contribution >= 4 is 11.0 Å². The predicted octanol–water partition coefficient (Wildman–Crippen LogP) is 2.46. The normalized spacial score (nSPS) is 11.9. The van der Waals surface area contributed by atoms with Crippen molar-refractivity contribution in [2.24, 2.45) is 0 Å². The highest BCUT2D eigenvalue weighted by molar-refractivity contribution is 5.77. The highest BCUT2D eigenvalue weighted by Gasteiger charge is 2.31. The number of aromatic nitrogens is 2. The molecule has 1 N–H and O–H groups in total. The van der Waals surface area contributed by atoms with Gasteiger partial charge in [-0.3, -0.25) is 0 Å². The third-order valence-corrected chi connectivity index (χ3v) is 1.59. The fourth-order valence-corrected chi connectivity index (χ4v) is 1.11. The topological polar surface area (TPSA) is 37.9 Å². The van der Waals surface area contributed by atoms with E-state index < -0.39 is 6.36 Å². The van der Waals surface area contributed by atoms with Crippen LogP contribution in [0.2, 0.25) is 0 Å². The van der Waals surface area contributed by atoms with Crippen molar-refractivity contribution in [2.45, 2.75) is 6.36 Å². The zero-order valence-electron chi connectivity index (χ0n) is 6.80. The predicted molar refractivity (Wildman–Crippen MR) is 42.8 cm³/mol. The number of nitrogens with one attached hydrogen (secondary N) is 1. The first-order valence-corrected chi connectivity index (χ1v) is 3.74. The molecule has 0 amide bonds. The van der Waals surface area contributed by atoms with Crippen LogP contribution in [0, 0.1) is 0 Å². The summed E-state index contributed by atoms with van der Waals surface area (Å²) in [5.74, 6) is -0.355. The standard InChI is InChI=1S/C8H5F3N2O/c9-8(10,11)14-6-4-5-2-1-3-12-7(5)13-6/h1-4H,(H,12,13). The molecule has 74 valence electrons. The van der Waals surface area contributed by atoms with Crippen LogP contribution in [0.4, 0.5) is 13.2 Å². The van der Waals surface area contributed by atoms with E-state index in [4.69, 9.17) is 0 Å². The number of nitrogens with zero attached hydrogens (tertiary/aromatic N) is 1. The summed E-state index contributed by atoms with van der Waals surface area (Å²) in [5, 5.41) is 0.576. The Bertz CT molecular complexity index is 416. The zero-order chi connectivity index (χ0) is 10.2.